The molecule has 2 aromatic rings. The highest BCUT2D eigenvalue weighted by atomic mass is 79.9. The standard InChI is InChI=1S/C14H15BrN2/c1-11(15)10-16-9-7-13-5-2-4-12-6-3-8-17-14(12)13/h2-6,8,16H,1,7,9-10H2. The predicted octanol–water partition coefficient (Wildman–Crippen LogP) is 3.28. The lowest BCUT2D eigenvalue weighted by Crippen LogP contribution is -2.18. The molecule has 0 saturated carbocycles. The van der Waals surface area contributed by atoms with Gasteiger partial charge < -0.3 is 5.32 Å². The van der Waals surface area contributed by atoms with Crippen molar-refractivity contribution in [3.8, 4) is 0 Å². The Labute approximate surface area is 110 Å². The highest BCUT2D eigenvalue weighted by Crippen LogP contribution is 2.15. The molecule has 0 aliphatic rings. The number of rotatable bonds is 5. The minimum atomic E-state index is 0.804. The zero-order valence-electron chi connectivity index (χ0n) is 9.62. The molecule has 1 aromatic heterocycles. The lowest BCUT2D eigenvalue weighted by Gasteiger charge is -2.06. The number of benzene rings is 1. The van der Waals surface area contributed by atoms with Crippen LogP contribution in [0.5, 0.6) is 0 Å². The van der Waals surface area contributed by atoms with Crippen LogP contribution in [0.15, 0.2) is 47.6 Å². The van der Waals surface area contributed by atoms with Crippen molar-refractivity contribution in [3.63, 3.8) is 0 Å². The second-order valence-electron chi connectivity index (χ2n) is 3.94. The van der Waals surface area contributed by atoms with Crippen LogP contribution in [0.25, 0.3) is 10.9 Å². The summed E-state index contributed by atoms with van der Waals surface area (Å²) in [5, 5.41) is 4.53. The second kappa shape index (κ2) is 5.94. The minimum absolute atomic E-state index is 0.804. The number of aromatic nitrogens is 1. The van der Waals surface area contributed by atoms with Crippen LogP contribution >= 0.6 is 15.9 Å². The van der Waals surface area contributed by atoms with Crippen LogP contribution in [0.3, 0.4) is 0 Å². The molecule has 0 amide bonds. The molecule has 2 rings (SSSR count). The molecule has 1 N–H and O–H groups in total. The van der Waals surface area contributed by atoms with Crippen molar-refractivity contribution in [3.05, 3.63) is 53.2 Å². The molecule has 0 radical (unpaired) electrons. The molecule has 0 aliphatic heterocycles. The molecule has 2 nitrogen and oxygen atoms in total. The number of pyridine rings is 1. The predicted molar refractivity (Wildman–Crippen MR) is 76.4 cm³/mol. The summed E-state index contributed by atoms with van der Waals surface area (Å²) >= 11 is 3.33. The average Bonchev–Trinajstić information content (AvgIpc) is 2.34. The maximum absolute atomic E-state index is 4.44. The Morgan fingerprint density at radius 1 is 1.29 bits per heavy atom. The smallest absolute Gasteiger partial charge is 0.0734 e. The van der Waals surface area contributed by atoms with E-state index in [0.717, 1.165) is 29.5 Å². The van der Waals surface area contributed by atoms with E-state index < -0.39 is 0 Å². The van der Waals surface area contributed by atoms with Gasteiger partial charge in [-0.05, 0) is 24.6 Å². The number of hydrogen-bond acceptors (Lipinski definition) is 2. The van der Waals surface area contributed by atoms with Crippen LogP contribution in [0.2, 0.25) is 0 Å². The monoisotopic (exact) mass is 290 g/mol. The fourth-order valence-corrected chi connectivity index (χ4v) is 2.01. The maximum atomic E-state index is 4.44. The molecule has 0 fully saturated rings. The number of para-hydroxylation sites is 1. The van der Waals surface area contributed by atoms with Gasteiger partial charge in [-0.15, -0.1) is 0 Å². The summed E-state index contributed by atoms with van der Waals surface area (Å²) in [7, 11) is 0. The first-order valence-electron chi connectivity index (χ1n) is 5.64. The maximum Gasteiger partial charge on any atom is 0.0734 e. The number of hydrogen-bond donors (Lipinski definition) is 1. The summed E-state index contributed by atoms with van der Waals surface area (Å²) in [6.45, 7) is 5.53. The molecular formula is C14H15BrN2. The van der Waals surface area contributed by atoms with Gasteiger partial charge >= 0.3 is 0 Å². The zero-order valence-corrected chi connectivity index (χ0v) is 11.2. The Morgan fingerprint density at radius 2 is 2.12 bits per heavy atom. The van der Waals surface area contributed by atoms with Crippen LogP contribution in [0, 0.1) is 0 Å². The summed E-state index contributed by atoms with van der Waals surface area (Å²) in [6, 6.07) is 10.4. The fourth-order valence-electron chi connectivity index (χ4n) is 1.82. The number of halogens is 1. The molecule has 0 unspecified atom stereocenters. The van der Waals surface area contributed by atoms with Gasteiger partial charge in [-0.2, -0.15) is 0 Å². The Balaban J connectivity index is 2.05. The third-order valence-corrected chi connectivity index (χ3v) is 2.88. The molecule has 0 atom stereocenters. The van der Waals surface area contributed by atoms with Gasteiger partial charge in [-0.25, -0.2) is 0 Å². The molecule has 0 aliphatic carbocycles. The summed E-state index contributed by atoms with van der Waals surface area (Å²) in [5.41, 5.74) is 2.39. The Morgan fingerprint density at radius 3 is 2.94 bits per heavy atom. The Kier molecular flexibility index (Phi) is 4.29. The van der Waals surface area contributed by atoms with Crippen LogP contribution in [0.4, 0.5) is 0 Å². The van der Waals surface area contributed by atoms with E-state index in [2.05, 4.69) is 57.1 Å². The van der Waals surface area contributed by atoms with Crippen molar-refractivity contribution >= 4 is 26.8 Å². The third kappa shape index (κ3) is 3.38. The quantitative estimate of drug-likeness (QED) is 0.855. The molecule has 3 heteroatoms. The second-order valence-corrected chi connectivity index (χ2v) is 5.06. The summed E-state index contributed by atoms with van der Waals surface area (Å²) in [4.78, 5) is 4.44. The topological polar surface area (TPSA) is 24.9 Å². The van der Waals surface area contributed by atoms with E-state index >= 15 is 0 Å². The van der Waals surface area contributed by atoms with Gasteiger partial charge in [0.1, 0.15) is 0 Å². The van der Waals surface area contributed by atoms with Crippen molar-refractivity contribution < 1.29 is 0 Å². The van der Waals surface area contributed by atoms with Crippen LogP contribution in [-0.4, -0.2) is 18.1 Å². The van der Waals surface area contributed by atoms with Gasteiger partial charge in [0.15, 0.2) is 0 Å². The van der Waals surface area contributed by atoms with E-state index in [4.69, 9.17) is 0 Å². The number of nitrogens with zero attached hydrogens (tertiary/aromatic N) is 1. The fraction of sp³-hybridized carbons (Fsp3) is 0.214. The van der Waals surface area contributed by atoms with Gasteiger partial charge in [0.25, 0.3) is 0 Å². The van der Waals surface area contributed by atoms with Crippen molar-refractivity contribution in [2.75, 3.05) is 13.1 Å². The van der Waals surface area contributed by atoms with Crippen molar-refractivity contribution in [1.29, 1.82) is 0 Å². The van der Waals surface area contributed by atoms with Crippen molar-refractivity contribution in [2.45, 2.75) is 6.42 Å². The Bertz CT molecular complexity index is 517. The molecule has 0 saturated heterocycles. The van der Waals surface area contributed by atoms with E-state index in [1.54, 1.807) is 0 Å². The lowest BCUT2D eigenvalue weighted by atomic mass is 10.1. The summed E-state index contributed by atoms with van der Waals surface area (Å²) < 4.78 is 0.980. The number of fused-ring (bicyclic) bond motifs is 1. The molecule has 88 valence electrons. The lowest BCUT2D eigenvalue weighted by molar-refractivity contribution is 0.744. The van der Waals surface area contributed by atoms with Gasteiger partial charge in [0.2, 0.25) is 0 Å². The first-order valence-corrected chi connectivity index (χ1v) is 6.43. The van der Waals surface area contributed by atoms with Crippen molar-refractivity contribution in [1.82, 2.24) is 10.3 Å². The highest BCUT2D eigenvalue weighted by molar-refractivity contribution is 9.11. The van der Waals surface area contributed by atoms with Crippen LogP contribution in [-0.2, 0) is 6.42 Å². The normalized spacial score (nSPS) is 10.6. The van der Waals surface area contributed by atoms with E-state index in [1.165, 1.54) is 10.9 Å². The molecule has 1 heterocycles. The zero-order chi connectivity index (χ0) is 12.1. The van der Waals surface area contributed by atoms with Gasteiger partial charge in [0.05, 0.1) is 5.52 Å². The molecular weight excluding hydrogens is 276 g/mol. The molecule has 1 aromatic carbocycles. The van der Waals surface area contributed by atoms with E-state index in [9.17, 15) is 0 Å². The summed E-state index contributed by atoms with van der Waals surface area (Å²) in [6.07, 6.45) is 2.83. The van der Waals surface area contributed by atoms with Gasteiger partial charge in [-0.1, -0.05) is 46.8 Å². The van der Waals surface area contributed by atoms with Gasteiger partial charge in [0, 0.05) is 22.6 Å². The van der Waals surface area contributed by atoms with Gasteiger partial charge in [-0.3, -0.25) is 4.98 Å². The van der Waals surface area contributed by atoms with E-state index in [0.29, 0.717) is 0 Å². The Hall–Kier alpha value is -1.19. The molecule has 0 spiro atoms. The van der Waals surface area contributed by atoms with Crippen LogP contribution < -0.4 is 5.32 Å². The molecule has 0 bridgehead atoms. The SMILES string of the molecule is C=C(Br)CNCCc1cccc2cccnc12. The van der Waals surface area contributed by atoms with E-state index in [-0.39, 0.29) is 0 Å². The first-order chi connectivity index (χ1) is 8.27. The third-order valence-electron chi connectivity index (χ3n) is 2.60. The average molecular weight is 291 g/mol. The molecule has 17 heavy (non-hydrogen) atoms. The van der Waals surface area contributed by atoms with E-state index in [1.807, 2.05) is 12.3 Å². The largest absolute Gasteiger partial charge is 0.312 e. The first kappa shape index (κ1) is 12.3. The minimum Gasteiger partial charge on any atom is -0.312 e. The van der Waals surface area contributed by atoms with Crippen LogP contribution in [0.1, 0.15) is 5.56 Å². The highest BCUT2D eigenvalue weighted by Gasteiger charge is 2.00. The summed E-state index contributed by atoms with van der Waals surface area (Å²) in [5.74, 6) is 0. The number of nitrogens with one attached hydrogen (secondary N) is 1. The van der Waals surface area contributed by atoms with Crippen molar-refractivity contribution in [2.24, 2.45) is 0 Å².